The van der Waals surface area contributed by atoms with Crippen LogP contribution in [0.25, 0.3) is 0 Å². The summed E-state index contributed by atoms with van der Waals surface area (Å²) in [4.78, 5) is 24.8. The Kier molecular flexibility index (Phi) is 7.24. The minimum atomic E-state index is -3.84. The maximum absolute atomic E-state index is 12.7. The highest BCUT2D eigenvalue weighted by Crippen LogP contribution is 2.24. The summed E-state index contributed by atoms with van der Waals surface area (Å²) in [5.74, 6) is -0.234. The Hall–Kier alpha value is -3.70. The molecule has 1 amide bonds. The molecule has 0 aliphatic heterocycles. The Morgan fingerprint density at radius 2 is 1.68 bits per heavy atom. The van der Waals surface area contributed by atoms with Crippen molar-refractivity contribution in [2.45, 2.75) is 28.8 Å². The van der Waals surface area contributed by atoms with Crippen LogP contribution in [0.5, 0.6) is 0 Å². The van der Waals surface area contributed by atoms with Crippen molar-refractivity contribution < 1.29 is 13.2 Å². The van der Waals surface area contributed by atoms with Gasteiger partial charge in [-0.3, -0.25) is 4.79 Å². The number of rotatable bonds is 9. The lowest BCUT2D eigenvalue weighted by Gasteiger charge is -2.13. The molecule has 1 atom stereocenters. The van der Waals surface area contributed by atoms with E-state index in [4.69, 9.17) is 0 Å². The second-order valence-corrected chi connectivity index (χ2v) is 10.3. The van der Waals surface area contributed by atoms with E-state index < -0.39 is 15.3 Å². The SMILES string of the molecule is CC(Sc1nccn1Cc1ccccc1)C(=O)Nc1ccc(S(=O)(=O)Nc2ncccn2)cc1. The molecule has 0 radical (unpaired) electrons. The van der Waals surface area contributed by atoms with E-state index in [0.717, 1.165) is 10.7 Å². The number of nitrogens with zero attached hydrogens (tertiary/aromatic N) is 4. The summed E-state index contributed by atoms with van der Waals surface area (Å²) in [7, 11) is -3.84. The van der Waals surface area contributed by atoms with Crippen LogP contribution in [0.1, 0.15) is 12.5 Å². The van der Waals surface area contributed by atoms with E-state index in [1.807, 2.05) is 41.1 Å². The van der Waals surface area contributed by atoms with Crippen LogP contribution < -0.4 is 10.0 Å². The predicted molar refractivity (Wildman–Crippen MR) is 131 cm³/mol. The van der Waals surface area contributed by atoms with Gasteiger partial charge in [0.1, 0.15) is 0 Å². The van der Waals surface area contributed by atoms with E-state index in [1.165, 1.54) is 48.4 Å². The van der Waals surface area contributed by atoms with Gasteiger partial charge in [0.25, 0.3) is 10.0 Å². The van der Waals surface area contributed by atoms with Gasteiger partial charge in [0.2, 0.25) is 11.9 Å². The monoisotopic (exact) mass is 494 g/mol. The first-order valence-corrected chi connectivity index (χ1v) is 12.7. The highest BCUT2D eigenvalue weighted by Gasteiger charge is 2.19. The van der Waals surface area contributed by atoms with Crippen molar-refractivity contribution in [3.05, 3.63) is 91.0 Å². The number of carbonyl (C=O) groups excluding carboxylic acids is 1. The number of thioether (sulfide) groups is 1. The fraction of sp³-hybridized carbons (Fsp3) is 0.130. The first-order chi connectivity index (χ1) is 16.4. The topological polar surface area (TPSA) is 119 Å². The quantitative estimate of drug-likeness (QED) is 0.341. The van der Waals surface area contributed by atoms with Crippen LogP contribution in [0.4, 0.5) is 11.6 Å². The number of hydrogen-bond donors (Lipinski definition) is 2. The Morgan fingerprint density at radius 1 is 0.971 bits per heavy atom. The smallest absolute Gasteiger partial charge is 0.264 e. The zero-order valence-electron chi connectivity index (χ0n) is 18.2. The van der Waals surface area contributed by atoms with Crippen LogP contribution in [0, 0.1) is 0 Å². The Bertz CT molecular complexity index is 1340. The van der Waals surface area contributed by atoms with Crippen molar-refractivity contribution in [1.29, 1.82) is 0 Å². The van der Waals surface area contributed by atoms with Gasteiger partial charge in [-0.25, -0.2) is 28.1 Å². The maximum Gasteiger partial charge on any atom is 0.264 e. The Balaban J connectivity index is 1.36. The molecule has 1 unspecified atom stereocenters. The van der Waals surface area contributed by atoms with Gasteiger partial charge in [-0.15, -0.1) is 0 Å². The molecule has 0 fully saturated rings. The molecule has 0 aliphatic carbocycles. The molecule has 0 spiro atoms. The standard InChI is InChI=1S/C23H22N6O3S2/c1-17(33-23-26-14-15-29(23)16-18-6-3-2-4-7-18)21(30)27-19-8-10-20(11-9-19)34(31,32)28-22-24-12-5-13-25-22/h2-15,17H,16H2,1H3,(H,27,30)(H,24,25,28). The molecule has 0 saturated carbocycles. The molecule has 2 heterocycles. The number of nitrogens with one attached hydrogen (secondary N) is 2. The molecule has 0 saturated heterocycles. The molecule has 2 N–H and O–H groups in total. The van der Waals surface area contributed by atoms with Crippen LogP contribution in [-0.2, 0) is 21.4 Å². The molecule has 0 aliphatic rings. The fourth-order valence-electron chi connectivity index (χ4n) is 3.02. The number of carbonyl (C=O) groups is 1. The summed E-state index contributed by atoms with van der Waals surface area (Å²) in [5.41, 5.74) is 1.63. The normalized spacial score (nSPS) is 12.1. The molecule has 2 aromatic carbocycles. The largest absolute Gasteiger partial charge is 0.325 e. The van der Waals surface area contributed by atoms with E-state index in [-0.39, 0.29) is 16.8 Å². The molecule has 4 rings (SSSR count). The van der Waals surface area contributed by atoms with Crippen LogP contribution in [0.2, 0.25) is 0 Å². The van der Waals surface area contributed by atoms with Gasteiger partial charge in [-0.1, -0.05) is 42.1 Å². The number of hydrogen-bond acceptors (Lipinski definition) is 7. The number of anilines is 2. The molecule has 34 heavy (non-hydrogen) atoms. The Morgan fingerprint density at radius 3 is 2.38 bits per heavy atom. The van der Waals surface area contributed by atoms with Gasteiger partial charge in [0.05, 0.1) is 10.1 Å². The maximum atomic E-state index is 12.7. The minimum Gasteiger partial charge on any atom is -0.325 e. The Labute approximate surface area is 201 Å². The van der Waals surface area contributed by atoms with Crippen molar-refractivity contribution in [1.82, 2.24) is 19.5 Å². The van der Waals surface area contributed by atoms with Gasteiger partial charge in [0, 0.05) is 37.0 Å². The van der Waals surface area contributed by atoms with Gasteiger partial charge < -0.3 is 9.88 Å². The van der Waals surface area contributed by atoms with E-state index in [2.05, 4.69) is 25.0 Å². The van der Waals surface area contributed by atoms with Gasteiger partial charge in [-0.2, -0.15) is 0 Å². The van der Waals surface area contributed by atoms with Crippen LogP contribution in [-0.4, -0.2) is 39.1 Å². The van der Waals surface area contributed by atoms with E-state index >= 15 is 0 Å². The molecule has 11 heteroatoms. The van der Waals surface area contributed by atoms with Crippen molar-refractivity contribution in [3.63, 3.8) is 0 Å². The molecule has 174 valence electrons. The predicted octanol–water partition coefficient (Wildman–Crippen LogP) is 3.64. The number of aromatic nitrogens is 4. The fourth-order valence-corrected chi connectivity index (χ4v) is 4.84. The second-order valence-electron chi connectivity index (χ2n) is 7.27. The highest BCUT2D eigenvalue weighted by molar-refractivity contribution is 8.00. The van der Waals surface area contributed by atoms with Crippen molar-refractivity contribution in [2.75, 3.05) is 10.0 Å². The summed E-state index contributed by atoms with van der Waals surface area (Å²) in [5, 5.41) is 3.13. The lowest BCUT2D eigenvalue weighted by molar-refractivity contribution is -0.115. The molecule has 0 bridgehead atoms. The van der Waals surface area contributed by atoms with Gasteiger partial charge >= 0.3 is 0 Å². The van der Waals surface area contributed by atoms with E-state index in [9.17, 15) is 13.2 Å². The summed E-state index contributed by atoms with van der Waals surface area (Å²) in [6.45, 7) is 2.46. The first kappa shape index (κ1) is 23.5. The number of benzene rings is 2. The zero-order chi connectivity index (χ0) is 24.0. The highest BCUT2D eigenvalue weighted by atomic mass is 32.2. The number of imidazole rings is 1. The van der Waals surface area contributed by atoms with Crippen LogP contribution in [0.3, 0.4) is 0 Å². The molecular weight excluding hydrogens is 472 g/mol. The van der Waals surface area contributed by atoms with Crippen LogP contribution >= 0.6 is 11.8 Å². The van der Waals surface area contributed by atoms with Crippen molar-refractivity contribution in [2.24, 2.45) is 0 Å². The first-order valence-electron chi connectivity index (χ1n) is 10.3. The summed E-state index contributed by atoms with van der Waals surface area (Å²) >= 11 is 1.35. The lowest BCUT2D eigenvalue weighted by Crippen LogP contribution is -2.23. The number of amides is 1. The average Bonchev–Trinajstić information content (AvgIpc) is 3.26. The van der Waals surface area contributed by atoms with Gasteiger partial charge in [-0.05, 0) is 42.8 Å². The summed E-state index contributed by atoms with van der Waals surface area (Å²) < 4.78 is 29.3. The lowest BCUT2D eigenvalue weighted by atomic mass is 10.2. The molecule has 9 nitrogen and oxygen atoms in total. The van der Waals surface area contributed by atoms with E-state index in [0.29, 0.717) is 12.2 Å². The van der Waals surface area contributed by atoms with Crippen LogP contribution in [0.15, 0.2) is 95.5 Å². The minimum absolute atomic E-state index is 0.0173. The molecule has 2 aromatic heterocycles. The second kappa shape index (κ2) is 10.5. The summed E-state index contributed by atoms with van der Waals surface area (Å²) in [6, 6.07) is 17.5. The number of sulfonamides is 1. The molecule has 4 aromatic rings. The third-order valence-corrected chi connectivity index (χ3v) is 7.21. The third kappa shape index (κ3) is 6.00. The average molecular weight is 495 g/mol. The third-order valence-electron chi connectivity index (χ3n) is 4.75. The summed E-state index contributed by atoms with van der Waals surface area (Å²) in [6.07, 6.45) is 6.48. The van der Waals surface area contributed by atoms with E-state index in [1.54, 1.807) is 19.2 Å². The van der Waals surface area contributed by atoms with Crippen molar-refractivity contribution in [3.8, 4) is 0 Å². The van der Waals surface area contributed by atoms with Crippen molar-refractivity contribution >= 4 is 39.3 Å². The molecular formula is C23H22N6O3S2. The van der Waals surface area contributed by atoms with Gasteiger partial charge in [0.15, 0.2) is 5.16 Å². The zero-order valence-corrected chi connectivity index (χ0v) is 19.8.